The molecule has 1 amide bonds. The van der Waals surface area contributed by atoms with E-state index in [9.17, 15) is 4.79 Å². The third kappa shape index (κ3) is 2.73. The zero-order chi connectivity index (χ0) is 13.1. The lowest BCUT2D eigenvalue weighted by Gasteiger charge is -2.35. The quantitative estimate of drug-likeness (QED) is 0.875. The first-order valence-electron chi connectivity index (χ1n) is 6.28. The highest BCUT2D eigenvalue weighted by molar-refractivity contribution is 5.91. The molecule has 2 atom stereocenters. The van der Waals surface area contributed by atoms with Crippen LogP contribution in [0.2, 0.25) is 0 Å². The molecule has 1 aromatic rings. The molecular weight excluding hydrogens is 234 g/mol. The molecule has 5 heteroatoms. The monoisotopic (exact) mass is 253 g/mol. The van der Waals surface area contributed by atoms with E-state index in [1.807, 2.05) is 19.9 Å². The average molecular weight is 253 g/mol. The minimum Gasteiger partial charge on any atom is -0.456 e. The third-order valence-corrected chi connectivity index (χ3v) is 3.04. The summed E-state index contributed by atoms with van der Waals surface area (Å²) in [5.74, 6) is 1.03. The lowest BCUT2D eigenvalue weighted by atomic mass is 10.2. The maximum atomic E-state index is 12.2. The molecule has 100 valence electrons. The lowest BCUT2D eigenvalue weighted by Crippen LogP contribution is -2.50. The minimum atomic E-state index is -0.307. The van der Waals surface area contributed by atoms with E-state index in [4.69, 9.17) is 14.3 Å². The third-order valence-electron chi connectivity index (χ3n) is 3.04. The van der Waals surface area contributed by atoms with Gasteiger partial charge in [-0.15, -0.1) is 0 Å². The van der Waals surface area contributed by atoms with Gasteiger partial charge in [0.05, 0.1) is 18.8 Å². The van der Waals surface area contributed by atoms with Crippen molar-refractivity contribution in [1.82, 2.24) is 4.90 Å². The molecule has 0 radical (unpaired) electrons. The van der Waals surface area contributed by atoms with Crippen LogP contribution in [0.4, 0.5) is 0 Å². The summed E-state index contributed by atoms with van der Waals surface area (Å²) >= 11 is 0. The van der Waals surface area contributed by atoms with E-state index in [1.54, 1.807) is 11.0 Å². The number of ether oxygens (including phenoxy) is 1. The molecule has 18 heavy (non-hydrogen) atoms. The number of amides is 1. The Balaban J connectivity index is 2.07. The molecule has 2 heterocycles. The fraction of sp³-hybridized carbons (Fsp3) is 0.615. The summed E-state index contributed by atoms with van der Waals surface area (Å²) in [7, 11) is 0. The standard InChI is InChI=1S/C13H19NO4/c1-3-10-4-5-12(18-10)13(16)14-6-9(2)17-11(7-14)8-15/h4-5,9,11,15H,3,6-8H2,1-2H3. The van der Waals surface area contributed by atoms with E-state index in [2.05, 4.69) is 0 Å². The van der Waals surface area contributed by atoms with Crippen LogP contribution in [0.15, 0.2) is 16.5 Å². The molecule has 2 unspecified atom stereocenters. The minimum absolute atomic E-state index is 0.0690. The van der Waals surface area contributed by atoms with Gasteiger partial charge >= 0.3 is 0 Å². The van der Waals surface area contributed by atoms with Crippen LogP contribution in [0.5, 0.6) is 0 Å². The van der Waals surface area contributed by atoms with E-state index in [0.29, 0.717) is 18.8 Å². The number of hydrogen-bond donors (Lipinski definition) is 1. The van der Waals surface area contributed by atoms with Gasteiger partial charge < -0.3 is 19.2 Å². The van der Waals surface area contributed by atoms with Crippen LogP contribution in [0.25, 0.3) is 0 Å². The normalized spacial score (nSPS) is 24.3. The number of aryl methyl sites for hydroxylation is 1. The van der Waals surface area contributed by atoms with Crippen molar-refractivity contribution in [1.29, 1.82) is 0 Å². The number of carbonyl (C=O) groups is 1. The maximum Gasteiger partial charge on any atom is 0.289 e. The number of morpholine rings is 1. The van der Waals surface area contributed by atoms with Gasteiger partial charge in [0.15, 0.2) is 5.76 Å². The second kappa shape index (κ2) is 5.54. The van der Waals surface area contributed by atoms with Crippen molar-refractivity contribution >= 4 is 5.91 Å². The summed E-state index contributed by atoms with van der Waals surface area (Å²) in [6.07, 6.45) is 0.394. The molecule has 0 saturated carbocycles. The molecule has 0 aromatic carbocycles. The van der Waals surface area contributed by atoms with Gasteiger partial charge in [0, 0.05) is 19.5 Å². The van der Waals surface area contributed by atoms with E-state index < -0.39 is 0 Å². The van der Waals surface area contributed by atoms with Crippen LogP contribution in [0, 0.1) is 0 Å². The first-order valence-corrected chi connectivity index (χ1v) is 6.28. The molecule has 0 aliphatic carbocycles. The summed E-state index contributed by atoms with van der Waals surface area (Å²) in [6, 6.07) is 3.52. The van der Waals surface area contributed by atoms with Gasteiger partial charge in [-0.25, -0.2) is 0 Å². The molecule has 1 N–H and O–H groups in total. The lowest BCUT2D eigenvalue weighted by molar-refractivity contribution is -0.0863. The Hall–Kier alpha value is -1.33. The molecule has 5 nitrogen and oxygen atoms in total. The van der Waals surface area contributed by atoms with Crippen molar-refractivity contribution in [3.63, 3.8) is 0 Å². The van der Waals surface area contributed by atoms with E-state index in [1.165, 1.54) is 0 Å². The van der Waals surface area contributed by atoms with Gasteiger partial charge in [0.2, 0.25) is 0 Å². The maximum absolute atomic E-state index is 12.2. The molecule has 1 aromatic heterocycles. The van der Waals surface area contributed by atoms with Gasteiger partial charge in [-0.05, 0) is 19.1 Å². The summed E-state index contributed by atoms with van der Waals surface area (Å²) in [4.78, 5) is 13.9. The molecule has 1 aliphatic heterocycles. The highest BCUT2D eigenvalue weighted by Gasteiger charge is 2.29. The van der Waals surface area contributed by atoms with Crippen molar-refractivity contribution in [3.05, 3.63) is 23.7 Å². The fourth-order valence-electron chi connectivity index (χ4n) is 2.15. The van der Waals surface area contributed by atoms with E-state index in [0.717, 1.165) is 12.2 Å². The first kappa shape index (κ1) is 13.1. The highest BCUT2D eigenvalue weighted by atomic mass is 16.5. The smallest absolute Gasteiger partial charge is 0.289 e. The molecule has 1 aliphatic rings. The summed E-state index contributed by atoms with van der Waals surface area (Å²) in [5.41, 5.74) is 0. The SMILES string of the molecule is CCc1ccc(C(=O)N2CC(C)OC(CO)C2)o1. The van der Waals surface area contributed by atoms with E-state index in [-0.39, 0.29) is 24.7 Å². The summed E-state index contributed by atoms with van der Waals surface area (Å²) < 4.78 is 11.0. The van der Waals surface area contributed by atoms with Crippen LogP contribution in [-0.4, -0.2) is 47.8 Å². The molecule has 0 bridgehead atoms. The Morgan fingerprint density at radius 3 is 2.89 bits per heavy atom. The van der Waals surface area contributed by atoms with Crippen molar-refractivity contribution in [2.45, 2.75) is 32.5 Å². The topological polar surface area (TPSA) is 62.9 Å². The number of rotatable bonds is 3. The van der Waals surface area contributed by atoms with Crippen LogP contribution >= 0.6 is 0 Å². The number of aliphatic hydroxyl groups excluding tert-OH is 1. The Bertz CT molecular complexity index is 415. The van der Waals surface area contributed by atoms with Gasteiger partial charge in [-0.1, -0.05) is 6.92 Å². The fourth-order valence-corrected chi connectivity index (χ4v) is 2.15. The number of nitrogens with zero attached hydrogens (tertiary/aromatic N) is 1. The number of hydrogen-bond acceptors (Lipinski definition) is 4. The molecule has 1 saturated heterocycles. The molecular formula is C13H19NO4. The predicted molar refractivity (Wildman–Crippen MR) is 65.4 cm³/mol. The van der Waals surface area contributed by atoms with Gasteiger partial charge in [0.25, 0.3) is 5.91 Å². The molecule has 1 fully saturated rings. The number of aliphatic hydroxyl groups is 1. The Morgan fingerprint density at radius 1 is 1.50 bits per heavy atom. The van der Waals surface area contributed by atoms with Crippen LogP contribution in [0.1, 0.15) is 30.2 Å². The Morgan fingerprint density at radius 2 is 2.28 bits per heavy atom. The number of furan rings is 1. The largest absolute Gasteiger partial charge is 0.456 e. The van der Waals surface area contributed by atoms with Gasteiger partial charge in [-0.2, -0.15) is 0 Å². The number of carbonyl (C=O) groups excluding carboxylic acids is 1. The van der Waals surface area contributed by atoms with Crippen LogP contribution in [-0.2, 0) is 11.2 Å². The van der Waals surface area contributed by atoms with Gasteiger partial charge in [-0.3, -0.25) is 4.79 Å². The zero-order valence-electron chi connectivity index (χ0n) is 10.8. The van der Waals surface area contributed by atoms with Crippen molar-refractivity contribution in [2.75, 3.05) is 19.7 Å². The zero-order valence-corrected chi connectivity index (χ0v) is 10.8. The average Bonchev–Trinajstić information content (AvgIpc) is 2.85. The highest BCUT2D eigenvalue weighted by Crippen LogP contribution is 2.16. The second-order valence-corrected chi connectivity index (χ2v) is 4.58. The first-order chi connectivity index (χ1) is 8.63. The van der Waals surface area contributed by atoms with E-state index >= 15 is 0 Å². The predicted octanol–water partition coefficient (Wildman–Crippen LogP) is 1.06. The molecule has 0 spiro atoms. The summed E-state index contributed by atoms with van der Waals surface area (Å²) in [6.45, 7) is 4.72. The van der Waals surface area contributed by atoms with Crippen molar-refractivity contribution in [3.8, 4) is 0 Å². The Labute approximate surface area is 106 Å². The Kier molecular flexibility index (Phi) is 4.04. The van der Waals surface area contributed by atoms with Gasteiger partial charge in [0.1, 0.15) is 5.76 Å². The molecule has 2 rings (SSSR count). The van der Waals surface area contributed by atoms with Crippen molar-refractivity contribution < 1.29 is 19.1 Å². The van der Waals surface area contributed by atoms with Crippen molar-refractivity contribution in [2.24, 2.45) is 0 Å². The second-order valence-electron chi connectivity index (χ2n) is 4.58. The summed E-state index contributed by atoms with van der Waals surface area (Å²) in [5, 5.41) is 9.13. The van der Waals surface area contributed by atoms with Crippen LogP contribution in [0.3, 0.4) is 0 Å². The van der Waals surface area contributed by atoms with Crippen LogP contribution < -0.4 is 0 Å².